The molecule has 0 N–H and O–H groups in total. The number of likely N-dealkylation sites (tertiary alicyclic amines) is 1. The van der Waals surface area contributed by atoms with Crippen LogP contribution in [-0.2, 0) is 16.1 Å². The second-order valence-corrected chi connectivity index (χ2v) is 7.54. The molecule has 2 aliphatic rings. The van der Waals surface area contributed by atoms with Gasteiger partial charge in [-0.2, -0.15) is 0 Å². The average Bonchev–Trinajstić information content (AvgIpc) is 3.34. The number of carbonyl (C=O) groups is 3. The third-order valence-corrected chi connectivity index (χ3v) is 5.79. The van der Waals surface area contributed by atoms with Crippen molar-refractivity contribution in [2.24, 2.45) is 0 Å². The summed E-state index contributed by atoms with van der Waals surface area (Å²) in [5.41, 5.74) is 1.48. The largest absolute Gasteiger partial charge is 0.345 e. The lowest BCUT2D eigenvalue weighted by molar-refractivity contribution is -0.139. The number of piperazine rings is 1. The first kappa shape index (κ1) is 17.7. The van der Waals surface area contributed by atoms with Gasteiger partial charge in [0.05, 0.1) is 6.54 Å². The molecule has 0 aliphatic carbocycles. The van der Waals surface area contributed by atoms with Crippen molar-refractivity contribution in [3.05, 3.63) is 47.0 Å². The van der Waals surface area contributed by atoms with Gasteiger partial charge < -0.3 is 9.80 Å². The van der Waals surface area contributed by atoms with Crippen LogP contribution in [0.5, 0.6) is 0 Å². The molecule has 0 spiro atoms. The van der Waals surface area contributed by atoms with E-state index < -0.39 is 0 Å². The van der Waals surface area contributed by atoms with Crippen LogP contribution >= 0.6 is 11.3 Å². The third-order valence-electron chi connectivity index (χ3n) is 4.95. The molecule has 7 nitrogen and oxygen atoms in total. The normalized spacial score (nSPS) is 17.7. The van der Waals surface area contributed by atoms with Crippen molar-refractivity contribution < 1.29 is 14.4 Å². The summed E-state index contributed by atoms with van der Waals surface area (Å²) in [5.74, 6) is -0.245. The molecular formula is C19H20N4O3S. The first-order valence-electron chi connectivity index (χ1n) is 8.97. The molecule has 2 saturated heterocycles. The minimum Gasteiger partial charge on any atom is -0.345 e. The zero-order chi connectivity index (χ0) is 18.8. The van der Waals surface area contributed by atoms with E-state index in [4.69, 9.17) is 0 Å². The fourth-order valence-corrected chi connectivity index (χ4v) is 4.09. The predicted octanol–water partition coefficient (Wildman–Crippen LogP) is 1.75. The molecule has 1 aromatic carbocycles. The van der Waals surface area contributed by atoms with E-state index in [1.807, 2.05) is 22.4 Å². The number of hydrogen-bond donors (Lipinski definition) is 0. The summed E-state index contributed by atoms with van der Waals surface area (Å²) in [5, 5.41) is 2.95. The van der Waals surface area contributed by atoms with Gasteiger partial charge in [-0.25, -0.2) is 4.98 Å². The monoisotopic (exact) mass is 384 g/mol. The molecule has 4 rings (SSSR count). The smallest absolute Gasteiger partial charge is 0.253 e. The van der Waals surface area contributed by atoms with Crippen molar-refractivity contribution >= 4 is 34.2 Å². The van der Waals surface area contributed by atoms with E-state index in [0.29, 0.717) is 31.5 Å². The van der Waals surface area contributed by atoms with E-state index in [-0.39, 0.29) is 24.3 Å². The number of anilines is 1. The Morgan fingerprint density at radius 2 is 1.67 bits per heavy atom. The van der Waals surface area contributed by atoms with Crippen LogP contribution in [0.3, 0.4) is 0 Å². The van der Waals surface area contributed by atoms with E-state index in [9.17, 15) is 14.4 Å². The van der Waals surface area contributed by atoms with Crippen molar-refractivity contribution in [3.8, 4) is 0 Å². The first-order chi connectivity index (χ1) is 13.1. The molecule has 2 aliphatic heterocycles. The summed E-state index contributed by atoms with van der Waals surface area (Å²) < 4.78 is 0. The maximum Gasteiger partial charge on any atom is 0.253 e. The minimum absolute atomic E-state index is 0.00802. The van der Waals surface area contributed by atoms with Crippen molar-refractivity contribution in [3.63, 3.8) is 0 Å². The van der Waals surface area contributed by atoms with E-state index >= 15 is 0 Å². The van der Waals surface area contributed by atoms with Gasteiger partial charge in [0.25, 0.3) is 5.91 Å². The van der Waals surface area contributed by atoms with Crippen molar-refractivity contribution in [1.82, 2.24) is 14.8 Å². The molecule has 0 bridgehead atoms. The van der Waals surface area contributed by atoms with E-state index in [1.54, 1.807) is 29.7 Å². The van der Waals surface area contributed by atoms with Crippen LogP contribution in [0.15, 0.2) is 35.8 Å². The number of imide groups is 1. The second-order valence-electron chi connectivity index (χ2n) is 6.66. The fourth-order valence-electron chi connectivity index (χ4n) is 3.39. The van der Waals surface area contributed by atoms with Gasteiger partial charge in [0.1, 0.15) is 0 Å². The molecular weight excluding hydrogens is 364 g/mol. The lowest BCUT2D eigenvalue weighted by atomic mass is 10.1. The highest BCUT2D eigenvalue weighted by Crippen LogP contribution is 2.20. The first-order valence-corrected chi connectivity index (χ1v) is 9.85. The molecule has 2 aromatic rings. The van der Waals surface area contributed by atoms with Gasteiger partial charge in [-0.1, -0.05) is 12.1 Å². The molecule has 0 saturated carbocycles. The highest BCUT2D eigenvalue weighted by atomic mass is 32.1. The molecule has 2 fully saturated rings. The fraction of sp³-hybridized carbons (Fsp3) is 0.368. The van der Waals surface area contributed by atoms with Crippen LogP contribution in [0.4, 0.5) is 5.13 Å². The number of aromatic nitrogens is 1. The summed E-state index contributed by atoms with van der Waals surface area (Å²) in [4.78, 5) is 45.8. The Morgan fingerprint density at radius 1 is 1.00 bits per heavy atom. The Bertz CT molecular complexity index is 826. The molecule has 3 amide bonds. The Hall–Kier alpha value is -2.74. The molecule has 0 atom stereocenters. The highest BCUT2D eigenvalue weighted by Gasteiger charge is 2.29. The van der Waals surface area contributed by atoms with Crippen LogP contribution in [0, 0.1) is 0 Å². The topological polar surface area (TPSA) is 73.8 Å². The predicted molar refractivity (Wildman–Crippen MR) is 101 cm³/mol. The van der Waals surface area contributed by atoms with Gasteiger partial charge in [0, 0.05) is 56.2 Å². The number of rotatable bonds is 4. The zero-order valence-corrected chi connectivity index (χ0v) is 15.7. The number of hydrogen-bond acceptors (Lipinski definition) is 6. The van der Waals surface area contributed by atoms with Gasteiger partial charge in [-0.05, 0) is 17.7 Å². The molecule has 3 heterocycles. The Kier molecular flexibility index (Phi) is 4.89. The molecule has 8 heteroatoms. The Balaban J connectivity index is 1.35. The minimum atomic E-state index is -0.127. The van der Waals surface area contributed by atoms with Gasteiger partial charge in [0.2, 0.25) is 11.8 Å². The Morgan fingerprint density at radius 3 is 2.26 bits per heavy atom. The van der Waals surface area contributed by atoms with E-state index in [1.165, 1.54) is 4.90 Å². The summed E-state index contributed by atoms with van der Waals surface area (Å²) in [6.45, 7) is 3.15. The standard InChI is InChI=1S/C19H20N4O3S/c24-16-5-6-17(25)23(16)13-14-1-3-15(4-2-14)18(26)21-8-10-22(11-9-21)19-20-7-12-27-19/h1-4,7,12H,5-6,8-11,13H2. The SMILES string of the molecule is O=C(c1ccc(CN2C(=O)CCC2=O)cc1)N1CCN(c2nccs2)CC1. The van der Waals surface area contributed by atoms with Crippen molar-refractivity contribution in [1.29, 1.82) is 0 Å². The summed E-state index contributed by atoms with van der Waals surface area (Å²) in [7, 11) is 0. The highest BCUT2D eigenvalue weighted by molar-refractivity contribution is 7.13. The number of benzene rings is 1. The zero-order valence-electron chi connectivity index (χ0n) is 14.8. The number of amides is 3. The third kappa shape index (κ3) is 3.71. The van der Waals surface area contributed by atoms with Crippen molar-refractivity contribution in [2.75, 3.05) is 31.1 Å². The summed E-state index contributed by atoms with van der Waals surface area (Å²) in [6.07, 6.45) is 2.38. The van der Waals surface area contributed by atoms with Crippen LogP contribution < -0.4 is 4.90 Å². The maximum absolute atomic E-state index is 12.7. The van der Waals surface area contributed by atoms with Gasteiger partial charge in [0.15, 0.2) is 5.13 Å². The average molecular weight is 384 g/mol. The summed E-state index contributed by atoms with van der Waals surface area (Å²) >= 11 is 1.61. The quantitative estimate of drug-likeness (QED) is 0.751. The number of thiazole rings is 1. The van der Waals surface area contributed by atoms with Crippen LogP contribution in [0.1, 0.15) is 28.8 Å². The number of nitrogens with zero attached hydrogens (tertiary/aromatic N) is 4. The van der Waals surface area contributed by atoms with Gasteiger partial charge >= 0.3 is 0 Å². The van der Waals surface area contributed by atoms with Crippen LogP contribution in [0.25, 0.3) is 0 Å². The van der Waals surface area contributed by atoms with Crippen molar-refractivity contribution in [2.45, 2.75) is 19.4 Å². The maximum atomic E-state index is 12.7. The lowest BCUT2D eigenvalue weighted by Gasteiger charge is -2.34. The van der Waals surface area contributed by atoms with Gasteiger partial charge in [-0.15, -0.1) is 11.3 Å². The molecule has 140 valence electrons. The molecule has 0 radical (unpaired) electrons. The van der Waals surface area contributed by atoms with E-state index in [0.717, 1.165) is 23.8 Å². The summed E-state index contributed by atoms with van der Waals surface area (Å²) in [6, 6.07) is 7.18. The number of carbonyl (C=O) groups excluding carboxylic acids is 3. The lowest BCUT2D eigenvalue weighted by Crippen LogP contribution is -2.48. The molecule has 0 unspecified atom stereocenters. The van der Waals surface area contributed by atoms with Crippen LogP contribution in [-0.4, -0.2) is 58.7 Å². The van der Waals surface area contributed by atoms with Gasteiger partial charge in [-0.3, -0.25) is 19.3 Å². The molecule has 27 heavy (non-hydrogen) atoms. The van der Waals surface area contributed by atoms with E-state index in [2.05, 4.69) is 9.88 Å². The second kappa shape index (κ2) is 7.48. The Labute approximate surface area is 161 Å². The molecule has 1 aromatic heterocycles. The van der Waals surface area contributed by atoms with Crippen LogP contribution in [0.2, 0.25) is 0 Å².